The summed E-state index contributed by atoms with van der Waals surface area (Å²) < 4.78 is 0. The molecular formula is C20H24N2O4. The molecule has 1 aromatic carbocycles. The molecule has 0 aliphatic carbocycles. The Labute approximate surface area is 153 Å². The second-order valence-corrected chi connectivity index (χ2v) is 7.13. The van der Waals surface area contributed by atoms with Crippen molar-refractivity contribution >= 4 is 17.8 Å². The van der Waals surface area contributed by atoms with Crippen LogP contribution in [0.25, 0.3) is 0 Å². The van der Waals surface area contributed by atoms with Gasteiger partial charge in [0.2, 0.25) is 5.91 Å². The van der Waals surface area contributed by atoms with Crippen molar-refractivity contribution in [1.29, 1.82) is 0 Å². The van der Waals surface area contributed by atoms with Crippen molar-refractivity contribution in [2.45, 2.75) is 32.2 Å². The summed E-state index contributed by atoms with van der Waals surface area (Å²) in [5.74, 6) is -1.01. The highest BCUT2D eigenvalue weighted by Crippen LogP contribution is 2.34. The van der Waals surface area contributed by atoms with Crippen LogP contribution in [0, 0.1) is 5.41 Å². The van der Waals surface area contributed by atoms with Gasteiger partial charge in [0.1, 0.15) is 0 Å². The molecule has 26 heavy (non-hydrogen) atoms. The van der Waals surface area contributed by atoms with Gasteiger partial charge < -0.3 is 14.9 Å². The van der Waals surface area contributed by atoms with E-state index < -0.39 is 11.4 Å². The van der Waals surface area contributed by atoms with Crippen LogP contribution in [0.3, 0.4) is 0 Å². The normalized spacial score (nSPS) is 22.2. The molecule has 2 heterocycles. The van der Waals surface area contributed by atoms with Crippen molar-refractivity contribution in [3.63, 3.8) is 0 Å². The van der Waals surface area contributed by atoms with Crippen molar-refractivity contribution in [2.24, 2.45) is 5.41 Å². The van der Waals surface area contributed by atoms with Crippen LogP contribution in [0.15, 0.2) is 36.9 Å². The molecule has 1 aromatic rings. The summed E-state index contributed by atoms with van der Waals surface area (Å²) in [6.45, 7) is 5.31. The monoisotopic (exact) mass is 356 g/mol. The largest absolute Gasteiger partial charge is 0.481 e. The fourth-order valence-electron chi connectivity index (χ4n) is 3.93. The van der Waals surface area contributed by atoms with E-state index in [1.165, 1.54) is 0 Å². The fourth-order valence-corrected chi connectivity index (χ4v) is 3.93. The predicted octanol–water partition coefficient (Wildman–Crippen LogP) is 2.30. The SMILES string of the molecule is C=CC[C@@]1(C(=O)O)CCCN(C(=O)CCN2Cc3ccccc3C2=O)C1. The van der Waals surface area contributed by atoms with Crippen LogP contribution in [0.2, 0.25) is 0 Å². The number of carboxylic acid groups (broad SMARTS) is 1. The first-order chi connectivity index (χ1) is 12.5. The lowest BCUT2D eigenvalue weighted by Crippen LogP contribution is -2.50. The maximum Gasteiger partial charge on any atom is 0.311 e. The molecule has 6 heteroatoms. The molecule has 0 radical (unpaired) electrons. The van der Waals surface area contributed by atoms with Gasteiger partial charge in [0.25, 0.3) is 5.91 Å². The van der Waals surface area contributed by atoms with E-state index in [9.17, 15) is 19.5 Å². The molecule has 2 aliphatic heterocycles. The summed E-state index contributed by atoms with van der Waals surface area (Å²) in [6, 6.07) is 7.47. The molecule has 6 nitrogen and oxygen atoms in total. The second-order valence-electron chi connectivity index (χ2n) is 7.13. The summed E-state index contributed by atoms with van der Waals surface area (Å²) >= 11 is 0. The number of nitrogens with zero attached hydrogens (tertiary/aromatic N) is 2. The summed E-state index contributed by atoms with van der Waals surface area (Å²) in [7, 11) is 0. The maximum absolute atomic E-state index is 12.6. The van der Waals surface area contributed by atoms with Gasteiger partial charge >= 0.3 is 5.97 Å². The van der Waals surface area contributed by atoms with E-state index in [1.807, 2.05) is 18.2 Å². The molecule has 1 fully saturated rings. The fraction of sp³-hybridized carbons (Fsp3) is 0.450. The first-order valence-corrected chi connectivity index (χ1v) is 8.96. The molecule has 0 aromatic heterocycles. The van der Waals surface area contributed by atoms with Gasteiger partial charge in [-0.2, -0.15) is 0 Å². The topological polar surface area (TPSA) is 77.9 Å². The number of fused-ring (bicyclic) bond motifs is 1. The summed E-state index contributed by atoms with van der Waals surface area (Å²) in [5, 5.41) is 9.62. The predicted molar refractivity (Wildman–Crippen MR) is 96.5 cm³/mol. The molecule has 0 bridgehead atoms. The number of hydrogen-bond donors (Lipinski definition) is 1. The van der Waals surface area contributed by atoms with Crippen molar-refractivity contribution in [1.82, 2.24) is 9.80 Å². The Morgan fingerprint density at radius 3 is 2.77 bits per heavy atom. The second kappa shape index (κ2) is 7.32. The third kappa shape index (κ3) is 3.36. The van der Waals surface area contributed by atoms with Gasteiger partial charge in [-0.05, 0) is 30.9 Å². The Morgan fingerprint density at radius 2 is 2.08 bits per heavy atom. The molecule has 3 rings (SSSR count). The molecule has 0 saturated carbocycles. The number of carbonyl (C=O) groups excluding carboxylic acids is 2. The van der Waals surface area contributed by atoms with Crippen molar-refractivity contribution < 1.29 is 19.5 Å². The maximum atomic E-state index is 12.6. The highest BCUT2D eigenvalue weighted by atomic mass is 16.4. The number of carboxylic acids is 1. The van der Waals surface area contributed by atoms with Gasteiger partial charge in [-0.1, -0.05) is 24.3 Å². The first kappa shape index (κ1) is 18.2. The van der Waals surface area contributed by atoms with E-state index >= 15 is 0 Å². The van der Waals surface area contributed by atoms with Crippen molar-refractivity contribution in [3.8, 4) is 0 Å². The lowest BCUT2D eigenvalue weighted by atomic mass is 9.77. The molecule has 1 saturated heterocycles. The smallest absolute Gasteiger partial charge is 0.311 e. The van der Waals surface area contributed by atoms with Crippen LogP contribution in [-0.2, 0) is 16.1 Å². The summed E-state index contributed by atoms with van der Waals surface area (Å²) in [4.78, 5) is 40.0. The number of rotatable bonds is 6. The van der Waals surface area contributed by atoms with Gasteiger partial charge in [0, 0.05) is 38.2 Å². The van der Waals surface area contributed by atoms with Crippen LogP contribution in [0.5, 0.6) is 0 Å². The molecule has 0 spiro atoms. The molecule has 2 aliphatic rings. The number of likely N-dealkylation sites (tertiary alicyclic amines) is 1. The summed E-state index contributed by atoms with van der Waals surface area (Å²) in [5.41, 5.74) is 0.752. The Morgan fingerprint density at radius 1 is 1.31 bits per heavy atom. The number of aliphatic carboxylic acids is 1. The van der Waals surface area contributed by atoms with Crippen molar-refractivity contribution in [2.75, 3.05) is 19.6 Å². The number of amides is 2. The molecule has 0 unspecified atom stereocenters. The average molecular weight is 356 g/mol. The van der Waals surface area contributed by atoms with Crippen LogP contribution in [0.1, 0.15) is 41.6 Å². The van der Waals surface area contributed by atoms with E-state index in [0.29, 0.717) is 44.5 Å². The van der Waals surface area contributed by atoms with Gasteiger partial charge in [0.15, 0.2) is 0 Å². The van der Waals surface area contributed by atoms with Crippen LogP contribution >= 0.6 is 0 Å². The quantitative estimate of drug-likeness (QED) is 0.794. The van der Waals surface area contributed by atoms with Crippen LogP contribution in [0.4, 0.5) is 0 Å². The van der Waals surface area contributed by atoms with Gasteiger partial charge in [-0.25, -0.2) is 0 Å². The highest BCUT2D eigenvalue weighted by Gasteiger charge is 2.42. The standard InChI is InChI=1S/C20H24N2O4/c1-2-9-20(19(25)26)10-5-11-22(14-20)17(23)8-12-21-13-15-6-3-4-7-16(15)18(21)24/h2-4,6-7H,1,5,8-14H2,(H,25,26)/t20-/m1/s1. The first-order valence-electron chi connectivity index (χ1n) is 8.96. The third-order valence-electron chi connectivity index (χ3n) is 5.41. The zero-order valence-corrected chi connectivity index (χ0v) is 14.8. The molecule has 1 atom stereocenters. The number of hydrogen-bond acceptors (Lipinski definition) is 3. The minimum Gasteiger partial charge on any atom is -0.481 e. The number of allylic oxidation sites excluding steroid dienone is 1. The Balaban J connectivity index is 1.60. The number of piperidine rings is 1. The van der Waals surface area contributed by atoms with Gasteiger partial charge in [-0.15, -0.1) is 6.58 Å². The number of carbonyl (C=O) groups is 3. The zero-order chi connectivity index (χ0) is 18.7. The van der Waals surface area contributed by atoms with E-state index in [2.05, 4.69) is 6.58 Å². The Hall–Kier alpha value is -2.63. The summed E-state index contributed by atoms with van der Waals surface area (Å²) in [6.07, 6.45) is 3.40. The minimum atomic E-state index is -0.935. The van der Waals surface area contributed by atoms with E-state index in [-0.39, 0.29) is 24.8 Å². The highest BCUT2D eigenvalue weighted by molar-refractivity contribution is 5.98. The molecule has 1 N–H and O–H groups in total. The van der Waals surface area contributed by atoms with E-state index in [4.69, 9.17) is 0 Å². The van der Waals surface area contributed by atoms with Gasteiger partial charge in [-0.3, -0.25) is 14.4 Å². The van der Waals surface area contributed by atoms with E-state index in [0.717, 1.165) is 5.56 Å². The zero-order valence-electron chi connectivity index (χ0n) is 14.8. The van der Waals surface area contributed by atoms with E-state index in [1.54, 1.807) is 21.9 Å². The lowest BCUT2D eigenvalue weighted by molar-refractivity contribution is -0.154. The van der Waals surface area contributed by atoms with Crippen LogP contribution < -0.4 is 0 Å². The van der Waals surface area contributed by atoms with Crippen molar-refractivity contribution in [3.05, 3.63) is 48.0 Å². The van der Waals surface area contributed by atoms with Crippen LogP contribution in [-0.4, -0.2) is 52.3 Å². The Kier molecular flexibility index (Phi) is 5.11. The molecule has 2 amide bonds. The lowest BCUT2D eigenvalue weighted by Gasteiger charge is -2.39. The Bertz CT molecular complexity index is 745. The molecular weight excluding hydrogens is 332 g/mol. The minimum absolute atomic E-state index is 0.0430. The third-order valence-corrected chi connectivity index (χ3v) is 5.41. The average Bonchev–Trinajstić information content (AvgIpc) is 2.96. The number of benzene rings is 1. The molecule has 138 valence electrons. The van der Waals surface area contributed by atoms with Gasteiger partial charge in [0.05, 0.1) is 5.41 Å².